The molecule has 102 valence electrons. The molecule has 0 aliphatic carbocycles. The van der Waals surface area contributed by atoms with E-state index in [1.165, 1.54) is 0 Å². The van der Waals surface area contributed by atoms with Gasteiger partial charge < -0.3 is 5.32 Å². The van der Waals surface area contributed by atoms with Gasteiger partial charge in [-0.15, -0.1) is 0 Å². The van der Waals surface area contributed by atoms with Crippen LogP contribution < -0.4 is 5.32 Å². The molecular formula is C16H14ClNO2. The molecule has 2 aromatic rings. The van der Waals surface area contributed by atoms with E-state index in [4.69, 9.17) is 11.6 Å². The van der Waals surface area contributed by atoms with Crippen LogP contribution in [-0.2, 0) is 0 Å². The van der Waals surface area contributed by atoms with E-state index in [1.807, 2.05) is 13.0 Å². The van der Waals surface area contributed by atoms with Crippen LogP contribution in [0.25, 0.3) is 0 Å². The van der Waals surface area contributed by atoms with Gasteiger partial charge in [0.2, 0.25) is 0 Å². The number of amides is 1. The molecular weight excluding hydrogens is 274 g/mol. The number of carbonyl (C=O) groups is 2. The fourth-order valence-electron chi connectivity index (χ4n) is 1.82. The molecule has 0 unspecified atom stereocenters. The maximum absolute atomic E-state index is 12.0. The summed E-state index contributed by atoms with van der Waals surface area (Å²) < 4.78 is 0. The molecule has 2 aromatic carbocycles. The first-order chi connectivity index (χ1) is 9.58. The maximum atomic E-state index is 12.0. The van der Waals surface area contributed by atoms with E-state index in [0.717, 1.165) is 5.56 Å². The van der Waals surface area contributed by atoms with Crippen LogP contribution >= 0.6 is 11.6 Å². The Hall–Kier alpha value is -2.13. The first-order valence-corrected chi connectivity index (χ1v) is 6.58. The highest BCUT2D eigenvalue weighted by Gasteiger charge is 2.12. The Morgan fingerprint density at radius 3 is 2.50 bits per heavy atom. The lowest BCUT2D eigenvalue weighted by Gasteiger charge is -2.07. The largest absolute Gasteiger partial charge is 0.345 e. The predicted molar refractivity (Wildman–Crippen MR) is 79.3 cm³/mol. The Balaban J connectivity index is 2.02. The molecule has 1 N–H and O–H groups in total. The van der Waals surface area contributed by atoms with Crippen molar-refractivity contribution in [2.75, 3.05) is 6.54 Å². The number of carbonyl (C=O) groups excluding carboxylic acids is 2. The molecule has 0 saturated carbocycles. The van der Waals surface area contributed by atoms with E-state index in [1.54, 1.807) is 42.5 Å². The summed E-state index contributed by atoms with van der Waals surface area (Å²) in [6.07, 6.45) is 0. The molecule has 0 atom stereocenters. The summed E-state index contributed by atoms with van der Waals surface area (Å²) in [7, 11) is 0. The van der Waals surface area contributed by atoms with Crippen molar-refractivity contribution >= 4 is 23.3 Å². The lowest BCUT2D eigenvalue weighted by molar-refractivity contribution is 0.0903. The lowest BCUT2D eigenvalue weighted by Crippen LogP contribution is -2.30. The number of hydrogen-bond donors (Lipinski definition) is 1. The second-order valence-electron chi connectivity index (χ2n) is 4.43. The molecule has 3 nitrogen and oxygen atoms in total. The summed E-state index contributed by atoms with van der Waals surface area (Å²) in [6.45, 7) is 1.79. The number of Topliss-reactive ketones (excluding diaryl/α,β-unsaturated/α-hetero) is 1. The van der Waals surface area contributed by atoms with Crippen LogP contribution in [0.2, 0.25) is 5.02 Å². The van der Waals surface area contributed by atoms with Crippen LogP contribution in [0.5, 0.6) is 0 Å². The van der Waals surface area contributed by atoms with Crippen LogP contribution in [0.3, 0.4) is 0 Å². The zero-order valence-electron chi connectivity index (χ0n) is 11.0. The van der Waals surface area contributed by atoms with Crippen molar-refractivity contribution in [3.63, 3.8) is 0 Å². The van der Waals surface area contributed by atoms with Gasteiger partial charge in [0.25, 0.3) is 5.91 Å². The average Bonchev–Trinajstić information content (AvgIpc) is 2.47. The van der Waals surface area contributed by atoms with Gasteiger partial charge in [-0.1, -0.05) is 48.0 Å². The van der Waals surface area contributed by atoms with E-state index < -0.39 is 0 Å². The monoisotopic (exact) mass is 287 g/mol. The Kier molecular flexibility index (Phi) is 4.53. The van der Waals surface area contributed by atoms with Gasteiger partial charge in [0.05, 0.1) is 6.54 Å². The molecule has 1 amide bonds. The van der Waals surface area contributed by atoms with E-state index in [0.29, 0.717) is 16.1 Å². The highest BCUT2D eigenvalue weighted by atomic mass is 35.5. The molecule has 0 aromatic heterocycles. The number of halogens is 1. The zero-order chi connectivity index (χ0) is 14.5. The predicted octanol–water partition coefficient (Wildman–Crippen LogP) is 3.26. The number of benzene rings is 2. The molecule has 2 rings (SSSR count). The normalized spacial score (nSPS) is 10.1. The molecule has 0 spiro atoms. The van der Waals surface area contributed by atoms with Crippen molar-refractivity contribution < 1.29 is 9.59 Å². The van der Waals surface area contributed by atoms with Gasteiger partial charge in [0.15, 0.2) is 5.78 Å². The summed E-state index contributed by atoms with van der Waals surface area (Å²) in [5.41, 5.74) is 1.88. The Morgan fingerprint density at radius 2 is 1.80 bits per heavy atom. The molecule has 0 radical (unpaired) electrons. The number of rotatable bonds is 4. The van der Waals surface area contributed by atoms with Crippen molar-refractivity contribution in [2.45, 2.75) is 6.92 Å². The third-order valence-corrected chi connectivity index (χ3v) is 3.18. The number of hydrogen-bond acceptors (Lipinski definition) is 2. The Labute approximate surface area is 122 Å². The van der Waals surface area contributed by atoms with Gasteiger partial charge in [-0.25, -0.2) is 0 Å². The highest BCUT2D eigenvalue weighted by molar-refractivity contribution is 6.31. The fourth-order valence-corrected chi connectivity index (χ4v) is 1.99. The van der Waals surface area contributed by atoms with Crippen molar-refractivity contribution in [3.8, 4) is 0 Å². The van der Waals surface area contributed by atoms with E-state index in [9.17, 15) is 9.59 Å². The fraction of sp³-hybridized carbons (Fsp3) is 0.125. The zero-order valence-corrected chi connectivity index (χ0v) is 11.8. The van der Waals surface area contributed by atoms with E-state index in [-0.39, 0.29) is 18.2 Å². The molecule has 0 aliphatic heterocycles. The summed E-state index contributed by atoms with van der Waals surface area (Å²) in [4.78, 5) is 23.9. The van der Waals surface area contributed by atoms with E-state index in [2.05, 4.69) is 5.32 Å². The standard InChI is InChI=1S/C16H14ClNO2/c1-11-7-8-13(17)9-14(11)16(20)18-10-15(19)12-5-3-2-4-6-12/h2-9H,10H2,1H3,(H,18,20). The smallest absolute Gasteiger partial charge is 0.251 e. The third-order valence-electron chi connectivity index (χ3n) is 2.95. The van der Waals surface area contributed by atoms with Crippen LogP contribution in [0, 0.1) is 6.92 Å². The average molecular weight is 288 g/mol. The number of nitrogens with one attached hydrogen (secondary N) is 1. The molecule has 0 fully saturated rings. The summed E-state index contributed by atoms with van der Waals surface area (Å²) in [6, 6.07) is 14.0. The maximum Gasteiger partial charge on any atom is 0.251 e. The van der Waals surface area contributed by atoms with Gasteiger partial charge in [-0.05, 0) is 24.6 Å². The van der Waals surface area contributed by atoms with Crippen molar-refractivity contribution in [2.24, 2.45) is 0 Å². The summed E-state index contributed by atoms with van der Waals surface area (Å²) in [5, 5.41) is 3.11. The van der Waals surface area contributed by atoms with Crippen LogP contribution in [-0.4, -0.2) is 18.2 Å². The quantitative estimate of drug-likeness (QED) is 0.877. The van der Waals surface area contributed by atoms with Crippen molar-refractivity contribution in [1.82, 2.24) is 5.32 Å². The van der Waals surface area contributed by atoms with Crippen molar-refractivity contribution in [3.05, 3.63) is 70.2 Å². The molecule has 0 bridgehead atoms. The Bertz CT molecular complexity index is 638. The number of aryl methyl sites for hydroxylation is 1. The molecule has 20 heavy (non-hydrogen) atoms. The number of ketones is 1. The molecule has 0 saturated heterocycles. The molecule has 0 heterocycles. The SMILES string of the molecule is Cc1ccc(Cl)cc1C(=O)NCC(=O)c1ccccc1. The van der Waals surface area contributed by atoms with Gasteiger partial charge in [0, 0.05) is 16.1 Å². The van der Waals surface area contributed by atoms with Gasteiger partial charge in [-0.2, -0.15) is 0 Å². The third kappa shape index (κ3) is 3.45. The van der Waals surface area contributed by atoms with Crippen LogP contribution in [0.4, 0.5) is 0 Å². The topological polar surface area (TPSA) is 46.2 Å². The Morgan fingerprint density at radius 1 is 1.10 bits per heavy atom. The molecule has 0 aliphatic rings. The minimum atomic E-state index is -0.297. The highest BCUT2D eigenvalue weighted by Crippen LogP contribution is 2.15. The van der Waals surface area contributed by atoms with Gasteiger partial charge in [0.1, 0.15) is 0 Å². The minimum Gasteiger partial charge on any atom is -0.345 e. The van der Waals surface area contributed by atoms with Crippen molar-refractivity contribution in [1.29, 1.82) is 0 Å². The van der Waals surface area contributed by atoms with Crippen LogP contribution in [0.15, 0.2) is 48.5 Å². The van der Waals surface area contributed by atoms with Crippen LogP contribution in [0.1, 0.15) is 26.3 Å². The minimum absolute atomic E-state index is 0.0329. The second kappa shape index (κ2) is 6.35. The van der Waals surface area contributed by atoms with Gasteiger partial charge >= 0.3 is 0 Å². The first-order valence-electron chi connectivity index (χ1n) is 6.20. The molecule has 4 heteroatoms. The van der Waals surface area contributed by atoms with Gasteiger partial charge in [-0.3, -0.25) is 9.59 Å². The lowest BCUT2D eigenvalue weighted by atomic mass is 10.1. The first kappa shape index (κ1) is 14.3. The second-order valence-corrected chi connectivity index (χ2v) is 4.87. The summed E-state index contributed by atoms with van der Waals surface area (Å²) >= 11 is 5.87. The summed E-state index contributed by atoms with van der Waals surface area (Å²) in [5.74, 6) is -0.423. The van der Waals surface area contributed by atoms with E-state index >= 15 is 0 Å².